The molecule has 2 saturated heterocycles. The van der Waals surface area contributed by atoms with E-state index in [4.69, 9.17) is 0 Å². The average Bonchev–Trinajstić information content (AvgIpc) is 2.75. The van der Waals surface area contributed by atoms with Gasteiger partial charge in [0.2, 0.25) is 10.0 Å². The summed E-state index contributed by atoms with van der Waals surface area (Å²) in [7, 11) is -3.25. The normalized spacial score (nSPS) is 25.3. The van der Waals surface area contributed by atoms with Gasteiger partial charge in [0.05, 0.1) is 5.25 Å². The summed E-state index contributed by atoms with van der Waals surface area (Å²) in [6.45, 7) is 8.50. The lowest BCUT2D eigenvalue weighted by atomic mass is 10.0. The van der Waals surface area contributed by atoms with Crippen molar-refractivity contribution < 1.29 is 13.2 Å². The van der Waals surface area contributed by atoms with Crippen LogP contribution in [-0.2, 0) is 10.0 Å². The van der Waals surface area contributed by atoms with E-state index in [1.807, 2.05) is 31.2 Å². The van der Waals surface area contributed by atoms with Gasteiger partial charge in [-0.05, 0) is 49.7 Å². The maximum atomic E-state index is 12.9. The maximum absolute atomic E-state index is 12.9. The molecule has 27 heavy (non-hydrogen) atoms. The molecule has 3 rings (SSSR count). The zero-order valence-corrected chi connectivity index (χ0v) is 17.3. The number of hydrogen-bond donors (Lipinski definition) is 1. The number of benzene rings is 1. The van der Waals surface area contributed by atoms with Crippen molar-refractivity contribution in [3.05, 3.63) is 29.8 Å². The molecule has 0 radical (unpaired) electrons. The molecule has 2 fully saturated rings. The van der Waals surface area contributed by atoms with Gasteiger partial charge in [-0.15, -0.1) is 0 Å². The smallest absolute Gasteiger partial charge is 0.321 e. The van der Waals surface area contributed by atoms with E-state index in [1.165, 1.54) is 0 Å². The zero-order chi connectivity index (χ0) is 19.6. The Kier molecular flexibility index (Phi) is 6.11. The quantitative estimate of drug-likeness (QED) is 0.853. The number of likely N-dealkylation sites (tertiary alicyclic amines) is 1. The standard InChI is InChI=1S/C20H31N3O3S/c1-15(2)8-13-23-14-17-9-11-22(12-10-19(17)27(23,25)26)20(24)21-18-7-5-4-6-16(18)3/h4-7,15,17,19H,8-14H2,1-3H3,(H,21,24)/t17-,19-/m1/s1. The number of fused-ring (bicyclic) bond motifs is 1. The number of carbonyl (C=O) groups is 1. The second-order valence-electron chi connectivity index (χ2n) is 8.19. The molecule has 0 spiro atoms. The number of rotatable bonds is 4. The van der Waals surface area contributed by atoms with Crippen LogP contribution in [0, 0.1) is 18.8 Å². The molecule has 150 valence electrons. The summed E-state index contributed by atoms with van der Waals surface area (Å²) in [6, 6.07) is 7.54. The Morgan fingerprint density at radius 2 is 1.93 bits per heavy atom. The first kappa shape index (κ1) is 20.1. The number of aryl methyl sites for hydroxylation is 1. The van der Waals surface area contributed by atoms with Crippen molar-refractivity contribution >= 4 is 21.7 Å². The summed E-state index contributed by atoms with van der Waals surface area (Å²) in [5, 5.41) is 2.62. The van der Waals surface area contributed by atoms with Crippen LogP contribution in [-0.4, -0.2) is 55.1 Å². The van der Waals surface area contributed by atoms with E-state index in [0.717, 1.165) is 24.1 Å². The monoisotopic (exact) mass is 393 g/mol. The average molecular weight is 394 g/mol. The maximum Gasteiger partial charge on any atom is 0.321 e. The highest BCUT2D eigenvalue weighted by Gasteiger charge is 2.46. The number of amides is 2. The van der Waals surface area contributed by atoms with Crippen LogP contribution in [0.25, 0.3) is 0 Å². The summed E-state index contributed by atoms with van der Waals surface area (Å²) in [5.74, 6) is 0.615. The van der Waals surface area contributed by atoms with Gasteiger partial charge < -0.3 is 10.2 Å². The number of anilines is 1. The molecular weight excluding hydrogens is 362 g/mol. The van der Waals surface area contributed by atoms with Crippen LogP contribution in [0.5, 0.6) is 0 Å². The van der Waals surface area contributed by atoms with Crippen LogP contribution in [0.4, 0.5) is 10.5 Å². The highest BCUT2D eigenvalue weighted by Crippen LogP contribution is 2.34. The number of nitrogens with one attached hydrogen (secondary N) is 1. The van der Waals surface area contributed by atoms with Gasteiger partial charge in [-0.1, -0.05) is 32.0 Å². The fourth-order valence-corrected chi connectivity index (χ4v) is 6.28. The molecule has 2 amide bonds. The molecule has 2 heterocycles. The Hall–Kier alpha value is -1.60. The first-order valence-corrected chi connectivity index (χ1v) is 11.4. The van der Waals surface area contributed by atoms with Gasteiger partial charge in [-0.3, -0.25) is 0 Å². The van der Waals surface area contributed by atoms with E-state index in [9.17, 15) is 13.2 Å². The van der Waals surface area contributed by atoms with Gasteiger partial charge in [-0.25, -0.2) is 17.5 Å². The Labute approximate surface area is 163 Å². The highest BCUT2D eigenvalue weighted by molar-refractivity contribution is 7.90. The molecule has 0 aromatic heterocycles. The highest BCUT2D eigenvalue weighted by atomic mass is 32.2. The Morgan fingerprint density at radius 3 is 2.63 bits per heavy atom. The lowest BCUT2D eigenvalue weighted by Gasteiger charge is -2.23. The number of hydrogen-bond acceptors (Lipinski definition) is 3. The number of nitrogens with zero attached hydrogens (tertiary/aromatic N) is 2. The van der Waals surface area contributed by atoms with E-state index in [1.54, 1.807) is 9.21 Å². The van der Waals surface area contributed by atoms with Crippen molar-refractivity contribution in [2.75, 3.05) is 31.5 Å². The lowest BCUT2D eigenvalue weighted by Crippen LogP contribution is -2.37. The second-order valence-corrected chi connectivity index (χ2v) is 10.3. The summed E-state index contributed by atoms with van der Waals surface area (Å²) in [4.78, 5) is 14.4. The fourth-order valence-electron chi connectivity index (χ4n) is 4.03. The summed E-state index contributed by atoms with van der Waals surface area (Å²) >= 11 is 0. The Bertz CT molecular complexity index is 778. The molecule has 2 aliphatic heterocycles. The minimum atomic E-state index is -3.25. The van der Waals surface area contributed by atoms with Crippen LogP contribution in [0.3, 0.4) is 0 Å². The molecule has 1 aromatic rings. The Balaban J connectivity index is 1.62. The SMILES string of the molecule is Cc1ccccc1NC(=O)N1CC[C@@H]2CN(CCC(C)C)S(=O)(=O)[C@@H]2CC1. The third-order valence-corrected chi connectivity index (χ3v) is 8.23. The summed E-state index contributed by atoms with van der Waals surface area (Å²) in [6.07, 6.45) is 2.15. The molecule has 6 nitrogen and oxygen atoms in total. The minimum absolute atomic E-state index is 0.124. The third kappa shape index (κ3) is 4.46. The molecule has 1 aromatic carbocycles. The van der Waals surface area contributed by atoms with E-state index in [-0.39, 0.29) is 17.2 Å². The van der Waals surface area contributed by atoms with E-state index in [0.29, 0.717) is 38.5 Å². The van der Waals surface area contributed by atoms with Gasteiger partial charge in [0.25, 0.3) is 0 Å². The number of sulfonamides is 1. The molecule has 7 heteroatoms. The van der Waals surface area contributed by atoms with Crippen LogP contribution >= 0.6 is 0 Å². The lowest BCUT2D eigenvalue weighted by molar-refractivity contribution is 0.212. The van der Waals surface area contributed by atoms with Gasteiger partial charge in [0.15, 0.2) is 0 Å². The first-order valence-electron chi connectivity index (χ1n) is 9.89. The van der Waals surface area contributed by atoms with Gasteiger partial charge in [-0.2, -0.15) is 0 Å². The molecule has 2 aliphatic rings. The van der Waals surface area contributed by atoms with Gasteiger partial charge in [0.1, 0.15) is 0 Å². The number of para-hydroxylation sites is 1. The van der Waals surface area contributed by atoms with Crippen molar-refractivity contribution in [3.8, 4) is 0 Å². The molecule has 2 atom stereocenters. The largest absolute Gasteiger partial charge is 0.324 e. The number of carbonyl (C=O) groups excluding carboxylic acids is 1. The van der Waals surface area contributed by atoms with E-state index >= 15 is 0 Å². The fraction of sp³-hybridized carbons (Fsp3) is 0.650. The molecule has 0 bridgehead atoms. The summed E-state index contributed by atoms with van der Waals surface area (Å²) in [5.41, 5.74) is 1.82. The molecule has 0 saturated carbocycles. The van der Waals surface area contributed by atoms with Crippen LogP contribution in [0.1, 0.15) is 38.7 Å². The van der Waals surface area contributed by atoms with Crippen molar-refractivity contribution in [2.45, 2.75) is 45.3 Å². The predicted octanol–water partition coefficient (Wildman–Crippen LogP) is 3.30. The third-order valence-electron chi connectivity index (χ3n) is 5.79. The molecule has 0 unspecified atom stereocenters. The molecule has 0 aliphatic carbocycles. The zero-order valence-electron chi connectivity index (χ0n) is 16.5. The van der Waals surface area contributed by atoms with Gasteiger partial charge >= 0.3 is 6.03 Å². The first-order chi connectivity index (χ1) is 12.8. The van der Waals surface area contributed by atoms with Gasteiger partial charge in [0, 0.05) is 31.9 Å². The van der Waals surface area contributed by atoms with E-state index in [2.05, 4.69) is 19.2 Å². The molecule has 1 N–H and O–H groups in total. The Morgan fingerprint density at radius 1 is 1.22 bits per heavy atom. The topological polar surface area (TPSA) is 69.7 Å². The minimum Gasteiger partial charge on any atom is -0.324 e. The van der Waals surface area contributed by atoms with Crippen molar-refractivity contribution in [3.63, 3.8) is 0 Å². The van der Waals surface area contributed by atoms with E-state index < -0.39 is 10.0 Å². The summed E-state index contributed by atoms with van der Waals surface area (Å²) < 4.78 is 27.5. The van der Waals surface area contributed by atoms with Crippen LogP contribution in [0.2, 0.25) is 0 Å². The number of urea groups is 1. The van der Waals surface area contributed by atoms with Crippen LogP contribution in [0.15, 0.2) is 24.3 Å². The van der Waals surface area contributed by atoms with Crippen molar-refractivity contribution in [2.24, 2.45) is 11.8 Å². The molecular formula is C20H31N3O3S. The van der Waals surface area contributed by atoms with Crippen LogP contribution < -0.4 is 5.32 Å². The van der Waals surface area contributed by atoms with Crippen molar-refractivity contribution in [1.29, 1.82) is 0 Å². The van der Waals surface area contributed by atoms with Crippen molar-refractivity contribution in [1.82, 2.24) is 9.21 Å². The second kappa shape index (κ2) is 8.19. The predicted molar refractivity (Wildman–Crippen MR) is 108 cm³/mol.